The average Bonchev–Trinajstić information content (AvgIpc) is 3.48. The van der Waals surface area contributed by atoms with Gasteiger partial charge in [-0.05, 0) is 72.1 Å². The molecule has 192 valence electrons. The van der Waals surface area contributed by atoms with Crippen LogP contribution in [0.5, 0.6) is 0 Å². The molecule has 0 atom stereocenters. The van der Waals surface area contributed by atoms with Gasteiger partial charge in [0, 0.05) is 33.8 Å². The first-order valence-electron chi connectivity index (χ1n) is 13.2. The highest BCUT2D eigenvalue weighted by atomic mass is 32.2. The number of aromatic nitrogens is 2. The van der Waals surface area contributed by atoms with Gasteiger partial charge in [-0.1, -0.05) is 68.1 Å². The number of hydrogen-bond acceptors (Lipinski definition) is 5. The predicted molar refractivity (Wildman–Crippen MR) is 161 cm³/mol. The van der Waals surface area contributed by atoms with Crippen molar-refractivity contribution in [2.75, 3.05) is 17.2 Å². The summed E-state index contributed by atoms with van der Waals surface area (Å²) in [5.74, 6) is 1.38. The van der Waals surface area contributed by atoms with Crippen LogP contribution in [0, 0.1) is 0 Å². The van der Waals surface area contributed by atoms with Gasteiger partial charge in [-0.2, -0.15) is 5.06 Å². The van der Waals surface area contributed by atoms with E-state index in [-0.39, 0.29) is 0 Å². The summed E-state index contributed by atoms with van der Waals surface area (Å²) in [4.78, 5) is 13.2. The summed E-state index contributed by atoms with van der Waals surface area (Å²) in [6.45, 7) is 4.44. The van der Waals surface area contributed by atoms with E-state index >= 15 is 0 Å². The largest absolute Gasteiger partial charge is 0.294 e. The zero-order chi connectivity index (χ0) is 26.5. The molecular weight excluding hydrogens is 500 g/mol. The van der Waals surface area contributed by atoms with Crippen molar-refractivity contribution in [3.63, 3.8) is 0 Å². The second kappa shape index (κ2) is 9.49. The minimum atomic E-state index is 0.435. The molecule has 6 heteroatoms. The van der Waals surface area contributed by atoms with Crippen molar-refractivity contribution >= 4 is 50.6 Å². The molecule has 1 aliphatic heterocycles. The maximum atomic E-state index is 6.05. The number of hydroxylamine groups is 1. The van der Waals surface area contributed by atoms with E-state index in [0.717, 1.165) is 33.3 Å². The Morgan fingerprint density at radius 2 is 1.49 bits per heavy atom. The summed E-state index contributed by atoms with van der Waals surface area (Å²) < 4.78 is 2.29. The van der Waals surface area contributed by atoms with Crippen LogP contribution < -0.4 is 10.1 Å². The summed E-state index contributed by atoms with van der Waals surface area (Å²) in [5, 5.41) is 6.14. The van der Waals surface area contributed by atoms with E-state index < -0.39 is 0 Å². The van der Waals surface area contributed by atoms with Gasteiger partial charge in [0.15, 0.2) is 0 Å². The minimum absolute atomic E-state index is 0.435. The molecule has 3 heterocycles. The molecule has 0 amide bonds. The second-order valence-electron chi connectivity index (χ2n) is 10.1. The molecule has 4 aromatic carbocycles. The fraction of sp³-hybridized carbons (Fsp3) is 0.121. The summed E-state index contributed by atoms with van der Waals surface area (Å²) in [6, 6.07) is 36.3. The van der Waals surface area contributed by atoms with Gasteiger partial charge < -0.3 is 0 Å². The fourth-order valence-electron chi connectivity index (χ4n) is 5.28. The molecular formula is C33H28N4OS. The van der Waals surface area contributed by atoms with Crippen molar-refractivity contribution in [2.24, 2.45) is 0 Å². The Labute approximate surface area is 232 Å². The van der Waals surface area contributed by atoms with Crippen LogP contribution in [0.15, 0.2) is 119 Å². The SMILES string of the molecule is CC(C)c1ccnc(-n2c3ccccc3c3ccc(Sc4cccc(N5ON(C)c6ccccc65)c4)cc32)c1. The number of nitrogens with zero attached hydrogens (tertiary/aromatic N) is 4. The lowest BCUT2D eigenvalue weighted by Crippen LogP contribution is -2.20. The Morgan fingerprint density at radius 1 is 0.718 bits per heavy atom. The molecule has 6 aromatic rings. The number of para-hydroxylation sites is 3. The molecule has 0 spiro atoms. The first-order valence-corrected chi connectivity index (χ1v) is 14.0. The van der Waals surface area contributed by atoms with Crippen LogP contribution in [-0.2, 0) is 4.94 Å². The summed E-state index contributed by atoms with van der Waals surface area (Å²) in [6.07, 6.45) is 1.92. The highest BCUT2D eigenvalue weighted by Gasteiger charge is 2.26. The van der Waals surface area contributed by atoms with E-state index in [9.17, 15) is 0 Å². The molecule has 0 fully saturated rings. The lowest BCUT2D eigenvalue weighted by atomic mass is 10.1. The van der Waals surface area contributed by atoms with Gasteiger partial charge >= 0.3 is 0 Å². The Balaban J connectivity index is 1.29. The zero-order valence-corrected chi connectivity index (χ0v) is 22.9. The Hall–Kier alpha value is -4.26. The van der Waals surface area contributed by atoms with Gasteiger partial charge in [0.2, 0.25) is 0 Å². The van der Waals surface area contributed by atoms with Crippen molar-refractivity contribution in [3.8, 4) is 5.82 Å². The van der Waals surface area contributed by atoms with Crippen molar-refractivity contribution in [3.05, 3.63) is 115 Å². The Bertz CT molecular complexity index is 1840. The molecule has 0 saturated carbocycles. The number of benzene rings is 4. The van der Waals surface area contributed by atoms with Crippen molar-refractivity contribution < 1.29 is 4.94 Å². The third kappa shape index (κ3) is 4.13. The number of fused-ring (bicyclic) bond motifs is 4. The molecule has 0 unspecified atom stereocenters. The van der Waals surface area contributed by atoms with Crippen LogP contribution in [0.2, 0.25) is 0 Å². The second-order valence-corrected chi connectivity index (χ2v) is 11.2. The zero-order valence-electron chi connectivity index (χ0n) is 22.1. The van der Waals surface area contributed by atoms with E-state index in [0.29, 0.717) is 5.92 Å². The topological polar surface area (TPSA) is 33.5 Å². The summed E-state index contributed by atoms with van der Waals surface area (Å²) in [7, 11) is 1.93. The first-order chi connectivity index (χ1) is 19.1. The van der Waals surface area contributed by atoms with Crippen molar-refractivity contribution in [1.82, 2.24) is 9.55 Å². The van der Waals surface area contributed by atoms with Crippen LogP contribution in [0.4, 0.5) is 17.1 Å². The molecule has 0 saturated heterocycles. The van der Waals surface area contributed by atoms with Crippen LogP contribution in [0.25, 0.3) is 27.6 Å². The van der Waals surface area contributed by atoms with Crippen LogP contribution in [0.1, 0.15) is 25.3 Å². The number of pyridine rings is 1. The van der Waals surface area contributed by atoms with E-state index in [1.807, 2.05) is 30.4 Å². The lowest BCUT2D eigenvalue weighted by molar-refractivity contribution is 0.142. The quantitative estimate of drug-likeness (QED) is 0.223. The maximum absolute atomic E-state index is 6.05. The number of anilines is 3. The van der Waals surface area contributed by atoms with Gasteiger partial charge in [-0.3, -0.25) is 4.57 Å². The highest BCUT2D eigenvalue weighted by Crippen LogP contribution is 2.42. The molecule has 0 bridgehead atoms. The monoisotopic (exact) mass is 528 g/mol. The molecule has 7 rings (SSSR count). The third-order valence-corrected chi connectivity index (χ3v) is 8.22. The first kappa shape index (κ1) is 23.8. The average molecular weight is 529 g/mol. The summed E-state index contributed by atoms with van der Waals surface area (Å²) in [5.41, 5.74) is 6.67. The van der Waals surface area contributed by atoms with E-state index in [2.05, 4.69) is 109 Å². The smallest absolute Gasteiger partial charge is 0.137 e. The van der Waals surface area contributed by atoms with E-state index in [4.69, 9.17) is 9.92 Å². The van der Waals surface area contributed by atoms with Gasteiger partial charge in [-0.25, -0.2) is 10.0 Å². The standard InChI is InChI=1S/C33H28N4OS/c1-22(2)23-17-18-34-33(19-23)36-29-12-5-4-11-27(29)28-16-15-26(21-32(28)36)39-25-10-8-9-24(20-25)37-31-14-7-6-13-30(31)35(3)38-37/h4-22H,1-3H3. The van der Waals surface area contributed by atoms with Gasteiger partial charge in [0.05, 0.1) is 28.1 Å². The van der Waals surface area contributed by atoms with Crippen molar-refractivity contribution in [1.29, 1.82) is 0 Å². The molecule has 0 N–H and O–H groups in total. The Kier molecular flexibility index (Phi) is 5.80. The lowest BCUT2D eigenvalue weighted by Gasteiger charge is -2.18. The van der Waals surface area contributed by atoms with Crippen LogP contribution in [0.3, 0.4) is 0 Å². The maximum Gasteiger partial charge on any atom is 0.137 e. The van der Waals surface area contributed by atoms with E-state index in [1.54, 1.807) is 16.8 Å². The summed E-state index contributed by atoms with van der Waals surface area (Å²) >= 11 is 1.75. The fourth-order valence-corrected chi connectivity index (χ4v) is 6.19. The molecule has 5 nitrogen and oxygen atoms in total. The molecule has 1 aliphatic rings. The normalized spacial score (nSPS) is 13.1. The Morgan fingerprint density at radius 3 is 2.36 bits per heavy atom. The molecule has 2 aromatic heterocycles. The number of rotatable bonds is 5. The third-order valence-electron chi connectivity index (χ3n) is 7.24. The molecule has 39 heavy (non-hydrogen) atoms. The van der Waals surface area contributed by atoms with Crippen LogP contribution in [-0.4, -0.2) is 16.6 Å². The minimum Gasteiger partial charge on any atom is -0.294 e. The van der Waals surface area contributed by atoms with E-state index in [1.165, 1.54) is 26.7 Å². The van der Waals surface area contributed by atoms with Gasteiger partial charge in [0.25, 0.3) is 0 Å². The molecule has 0 radical (unpaired) electrons. The predicted octanol–water partition coefficient (Wildman–Crippen LogP) is 8.89. The van der Waals surface area contributed by atoms with Crippen molar-refractivity contribution in [2.45, 2.75) is 29.6 Å². The van der Waals surface area contributed by atoms with Gasteiger partial charge in [0.1, 0.15) is 5.82 Å². The van der Waals surface area contributed by atoms with Gasteiger partial charge in [-0.15, -0.1) is 4.94 Å². The highest BCUT2D eigenvalue weighted by molar-refractivity contribution is 7.99. The van der Waals surface area contributed by atoms with Crippen LogP contribution >= 0.6 is 11.8 Å². The number of hydrogen-bond donors (Lipinski definition) is 0. The molecule has 0 aliphatic carbocycles.